The van der Waals surface area contributed by atoms with Crippen molar-refractivity contribution < 1.29 is 9.53 Å². The summed E-state index contributed by atoms with van der Waals surface area (Å²) in [5.74, 6) is 0.687. The molecule has 0 bridgehead atoms. The summed E-state index contributed by atoms with van der Waals surface area (Å²) in [5, 5.41) is 6.60. The van der Waals surface area contributed by atoms with Crippen LogP contribution in [-0.2, 0) is 4.79 Å². The molecule has 27 heavy (non-hydrogen) atoms. The van der Waals surface area contributed by atoms with Gasteiger partial charge in [0.15, 0.2) is 0 Å². The second kappa shape index (κ2) is 8.93. The first-order valence-corrected chi connectivity index (χ1v) is 9.51. The molecular formula is C21H24ClN3O2. The second-order valence-corrected chi connectivity index (χ2v) is 6.68. The number of rotatable bonds is 8. The zero-order valence-corrected chi connectivity index (χ0v) is 16.3. The van der Waals surface area contributed by atoms with Gasteiger partial charge in [-0.15, -0.1) is 0 Å². The Morgan fingerprint density at radius 1 is 1.15 bits per heavy atom. The van der Waals surface area contributed by atoms with Gasteiger partial charge in [-0.2, -0.15) is 0 Å². The van der Waals surface area contributed by atoms with Crippen molar-refractivity contribution in [2.75, 3.05) is 36.9 Å². The first-order chi connectivity index (χ1) is 13.1. The number of carbonyl (C=O) groups excluding carboxylic acids is 1. The molecule has 0 unspecified atom stereocenters. The minimum absolute atomic E-state index is 0.142. The predicted octanol–water partition coefficient (Wildman–Crippen LogP) is 4.47. The molecule has 6 heteroatoms. The predicted molar refractivity (Wildman–Crippen MR) is 111 cm³/mol. The third kappa shape index (κ3) is 4.81. The molecule has 0 radical (unpaired) electrons. The molecule has 0 saturated heterocycles. The molecule has 1 aliphatic rings. The molecule has 2 N–H and O–H groups in total. The highest BCUT2D eigenvalue weighted by Crippen LogP contribution is 2.33. The van der Waals surface area contributed by atoms with Crippen molar-refractivity contribution in [3.8, 4) is 5.75 Å². The van der Waals surface area contributed by atoms with Crippen LogP contribution in [-0.4, -0.2) is 37.0 Å². The molecule has 5 nitrogen and oxygen atoms in total. The van der Waals surface area contributed by atoms with Gasteiger partial charge in [0.2, 0.25) is 0 Å². The van der Waals surface area contributed by atoms with Crippen LogP contribution in [0, 0.1) is 0 Å². The zero-order chi connectivity index (χ0) is 19.2. The van der Waals surface area contributed by atoms with E-state index < -0.39 is 0 Å². The third-order valence-electron chi connectivity index (χ3n) is 4.57. The van der Waals surface area contributed by atoms with Crippen LogP contribution < -0.4 is 15.4 Å². The Bertz CT molecular complexity index is 830. The molecule has 0 aliphatic carbocycles. The molecule has 1 aliphatic heterocycles. The van der Waals surface area contributed by atoms with Gasteiger partial charge >= 0.3 is 0 Å². The van der Waals surface area contributed by atoms with Gasteiger partial charge in [0.05, 0.1) is 5.57 Å². The summed E-state index contributed by atoms with van der Waals surface area (Å²) in [4.78, 5) is 14.5. The fourth-order valence-electron chi connectivity index (χ4n) is 2.94. The number of fused-ring (bicyclic) bond motifs is 1. The van der Waals surface area contributed by atoms with E-state index in [1.165, 1.54) is 0 Å². The van der Waals surface area contributed by atoms with E-state index in [2.05, 4.69) is 29.4 Å². The fourth-order valence-corrected chi connectivity index (χ4v) is 3.11. The summed E-state index contributed by atoms with van der Waals surface area (Å²) < 4.78 is 5.79. The van der Waals surface area contributed by atoms with Crippen LogP contribution in [0.3, 0.4) is 0 Å². The molecule has 2 aromatic carbocycles. The van der Waals surface area contributed by atoms with E-state index in [1.807, 2.05) is 24.3 Å². The Balaban J connectivity index is 1.60. The molecule has 0 aromatic heterocycles. The van der Waals surface area contributed by atoms with Crippen LogP contribution in [0.4, 0.5) is 11.4 Å². The average Bonchev–Trinajstić information content (AvgIpc) is 2.99. The lowest BCUT2D eigenvalue weighted by molar-refractivity contribution is -0.110. The van der Waals surface area contributed by atoms with E-state index >= 15 is 0 Å². The summed E-state index contributed by atoms with van der Waals surface area (Å²) in [6, 6.07) is 13.0. The molecule has 0 saturated carbocycles. The Morgan fingerprint density at radius 3 is 2.59 bits per heavy atom. The number of nitrogens with one attached hydrogen (secondary N) is 2. The van der Waals surface area contributed by atoms with Crippen LogP contribution in [0.25, 0.3) is 5.57 Å². The molecular weight excluding hydrogens is 362 g/mol. The molecule has 3 rings (SSSR count). The number of nitrogens with zero attached hydrogens (tertiary/aromatic N) is 1. The Labute approximate surface area is 165 Å². The topological polar surface area (TPSA) is 53.6 Å². The van der Waals surface area contributed by atoms with Gasteiger partial charge in [-0.1, -0.05) is 25.4 Å². The zero-order valence-electron chi connectivity index (χ0n) is 15.6. The van der Waals surface area contributed by atoms with E-state index in [4.69, 9.17) is 16.3 Å². The van der Waals surface area contributed by atoms with Crippen LogP contribution in [0.5, 0.6) is 5.75 Å². The van der Waals surface area contributed by atoms with E-state index in [0.717, 1.165) is 42.3 Å². The highest BCUT2D eigenvalue weighted by atomic mass is 35.5. The number of halogens is 1. The molecule has 0 fully saturated rings. The number of amides is 1. The van der Waals surface area contributed by atoms with E-state index in [0.29, 0.717) is 17.2 Å². The van der Waals surface area contributed by atoms with Crippen molar-refractivity contribution in [3.05, 3.63) is 59.3 Å². The first-order valence-electron chi connectivity index (χ1n) is 9.14. The van der Waals surface area contributed by atoms with Gasteiger partial charge in [0.1, 0.15) is 12.4 Å². The van der Waals surface area contributed by atoms with Crippen molar-refractivity contribution >= 4 is 34.5 Å². The fraction of sp³-hybridized carbons (Fsp3) is 0.286. The van der Waals surface area contributed by atoms with Crippen molar-refractivity contribution in [2.24, 2.45) is 0 Å². The Kier molecular flexibility index (Phi) is 6.37. The highest BCUT2D eigenvalue weighted by Gasteiger charge is 2.24. The molecule has 2 aromatic rings. The lowest BCUT2D eigenvalue weighted by Gasteiger charge is -2.18. The molecule has 0 spiro atoms. The third-order valence-corrected chi connectivity index (χ3v) is 4.81. The minimum Gasteiger partial charge on any atom is -0.492 e. The van der Waals surface area contributed by atoms with Crippen LogP contribution in [0.2, 0.25) is 5.02 Å². The quantitative estimate of drug-likeness (QED) is 0.658. The summed E-state index contributed by atoms with van der Waals surface area (Å²) in [6.07, 6.45) is 1.70. The van der Waals surface area contributed by atoms with Gasteiger partial charge in [0.25, 0.3) is 5.91 Å². The summed E-state index contributed by atoms with van der Waals surface area (Å²) in [6.45, 7) is 7.93. The Hall–Kier alpha value is -2.50. The standard InChI is InChI=1S/C21H24ClN3O2/c1-3-25(4-2)11-12-27-17-8-6-16(7-9-17)23-14-19-18-13-15(22)5-10-20(18)24-21(19)26/h5-10,13-14,23H,3-4,11-12H2,1-2H3,(H,24,26). The highest BCUT2D eigenvalue weighted by molar-refractivity contribution is 6.34. The van der Waals surface area contributed by atoms with Crippen molar-refractivity contribution in [2.45, 2.75) is 13.8 Å². The number of benzene rings is 2. The maximum atomic E-state index is 12.2. The number of hydrogen-bond donors (Lipinski definition) is 2. The van der Waals surface area contributed by atoms with E-state index in [1.54, 1.807) is 24.4 Å². The summed E-state index contributed by atoms with van der Waals surface area (Å²) in [7, 11) is 0. The van der Waals surface area contributed by atoms with Crippen molar-refractivity contribution in [3.63, 3.8) is 0 Å². The van der Waals surface area contributed by atoms with Crippen molar-refractivity contribution in [1.29, 1.82) is 0 Å². The lowest BCUT2D eigenvalue weighted by atomic mass is 10.1. The average molecular weight is 386 g/mol. The minimum atomic E-state index is -0.142. The number of likely N-dealkylation sites (N-methyl/N-ethyl adjacent to an activating group) is 1. The van der Waals surface area contributed by atoms with Crippen molar-refractivity contribution in [1.82, 2.24) is 4.90 Å². The second-order valence-electron chi connectivity index (χ2n) is 6.25. The Morgan fingerprint density at radius 2 is 1.89 bits per heavy atom. The molecule has 0 atom stereocenters. The normalized spacial score (nSPS) is 14.4. The monoisotopic (exact) mass is 385 g/mol. The first kappa shape index (κ1) is 19.3. The summed E-state index contributed by atoms with van der Waals surface area (Å²) >= 11 is 6.05. The van der Waals surface area contributed by atoms with Gasteiger partial charge in [-0.3, -0.25) is 4.79 Å². The van der Waals surface area contributed by atoms with Crippen LogP contribution in [0.1, 0.15) is 19.4 Å². The number of anilines is 2. The van der Waals surface area contributed by atoms with Crippen LogP contribution in [0.15, 0.2) is 48.7 Å². The largest absolute Gasteiger partial charge is 0.492 e. The summed E-state index contributed by atoms with van der Waals surface area (Å²) in [5.41, 5.74) is 3.01. The van der Waals surface area contributed by atoms with Gasteiger partial charge in [0, 0.05) is 34.7 Å². The number of carbonyl (C=O) groups is 1. The number of hydrogen-bond acceptors (Lipinski definition) is 4. The lowest BCUT2D eigenvalue weighted by Crippen LogP contribution is -2.27. The molecule has 1 amide bonds. The smallest absolute Gasteiger partial charge is 0.257 e. The SMILES string of the molecule is CCN(CC)CCOc1ccc(NC=C2C(=O)Nc3ccc(Cl)cc32)cc1. The maximum Gasteiger partial charge on any atom is 0.257 e. The van der Waals surface area contributed by atoms with E-state index in [-0.39, 0.29) is 5.91 Å². The molecule has 142 valence electrons. The van der Waals surface area contributed by atoms with E-state index in [9.17, 15) is 4.79 Å². The van der Waals surface area contributed by atoms with Gasteiger partial charge in [-0.05, 0) is 55.6 Å². The van der Waals surface area contributed by atoms with Gasteiger partial charge < -0.3 is 20.3 Å². The van der Waals surface area contributed by atoms with Crippen LogP contribution >= 0.6 is 11.6 Å². The van der Waals surface area contributed by atoms with Gasteiger partial charge in [-0.25, -0.2) is 0 Å². The molecule has 1 heterocycles. The maximum absolute atomic E-state index is 12.2. The number of ether oxygens (including phenoxy) is 1.